The average molecular weight is 214 g/mol. The maximum absolute atomic E-state index is 11.5. The lowest BCUT2D eigenvalue weighted by Gasteiger charge is -2.29. The Morgan fingerprint density at radius 2 is 2.20 bits per heavy atom. The van der Waals surface area contributed by atoms with E-state index in [0.717, 1.165) is 12.8 Å². The van der Waals surface area contributed by atoms with Crippen LogP contribution in [0.15, 0.2) is 0 Å². The lowest BCUT2D eigenvalue weighted by molar-refractivity contribution is -0.147. The zero-order valence-electron chi connectivity index (χ0n) is 10.1. The first-order chi connectivity index (χ1) is 6.90. The van der Waals surface area contributed by atoms with Gasteiger partial charge in [-0.1, -0.05) is 0 Å². The molecule has 2 unspecified atom stereocenters. The highest BCUT2D eigenvalue weighted by Crippen LogP contribution is 2.32. The fourth-order valence-corrected chi connectivity index (χ4v) is 2.21. The lowest BCUT2D eigenvalue weighted by Crippen LogP contribution is -2.48. The molecule has 15 heavy (non-hydrogen) atoms. The summed E-state index contributed by atoms with van der Waals surface area (Å²) < 4.78 is 4.74. The summed E-state index contributed by atoms with van der Waals surface area (Å²) >= 11 is 0. The number of carbonyl (C=O) groups is 1. The predicted molar refractivity (Wildman–Crippen MR) is 59.5 cm³/mol. The van der Waals surface area contributed by atoms with E-state index in [0.29, 0.717) is 18.5 Å². The summed E-state index contributed by atoms with van der Waals surface area (Å²) in [7, 11) is 3.48. The van der Waals surface area contributed by atoms with Crippen LogP contribution in [0.5, 0.6) is 0 Å². The molecule has 1 aliphatic rings. The number of methoxy groups -OCH3 is 1. The first-order valence-corrected chi connectivity index (χ1v) is 5.50. The second-order valence-electron chi connectivity index (χ2n) is 4.80. The van der Waals surface area contributed by atoms with Crippen molar-refractivity contribution < 1.29 is 9.53 Å². The number of carbonyl (C=O) groups excluding carboxylic acids is 1. The van der Waals surface area contributed by atoms with E-state index in [9.17, 15) is 4.79 Å². The van der Waals surface area contributed by atoms with Gasteiger partial charge in [0, 0.05) is 12.1 Å². The average Bonchev–Trinajstić information content (AvgIpc) is 2.59. The quantitative estimate of drug-likeness (QED) is 0.704. The Balaban J connectivity index is 2.62. The second-order valence-corrected chi connectivity index (χ2v) is 4.80. The van der Waals surface area contributed by atoms with E-state index in [2.05, 4.69) is 25.8 Å². The van der Waals surface area contributed by atoms with Gasteiger partial charge in [0.15, 0.2) is 0 Å². The highest BCUT2D eigenvalue weighted by molar-refractivity contribution is 5.81. The van der Waals surface area contributed by atoms with Crippen LogP contribution in [-0.2, 0) is 9.53 Å². The van der Waals surface area contributed by atoms with Crippen LogP contribution in [0.25, 0.3) is 0 Å². The summed E-state index contributed by atoms with van der Waals surface area (Å²) in [6.07, 6.45) is 2.40. The number of hydrogen-bond acceptors (Lipinski definition) is 4. The molecule has 1 saturated carbocycles. The van der Waals surface area contributed by atoms with E-state index < -0.39 is 5.54 Å². The molecule has 0 heterocycles. The maximum atomic E-state index is 11.5. The smallest absolute Gasteiger partial charge is 0.325 e. The summed E-state index contributed by atoms with van der Waals surface area (Å²) in [5.74, 6) is -0.276. The summed E-state index contributed by atoms with van der Waals surface area (Å²) in [5.41, 5.74) is 5.28. The maximum Gasteiger partial charge on any atom is 0.325 e. The minimum absolute atomic E-state index is 0.276. The van der Waals surface area contributed by atoms with Gasteiger partial charge in [0.05, 0.1) is 7.11 Å². The van der Waals surface area contributed by atoms with Crippen molar-refractivity contribution in [3.05, 3.63) is 0 Å². The molecule has 1 fully saturated rings. The number of nitrogens with zero attached hydrogens (tertiary/aromatic N) is 1. The van der Waals surface area contributed by atoms with Crippen LogP contribution in [0.3, 0.4) is 0 Å². The predicted octanol–water partition coefficient (Wildman–Crippen LogP) is 0.750. The first-order valence-electron chi connectivity index (χ1n) is 5.50. The van der Waals surface area contributed by atoms with E-state index in [-0.39, 0.29) is 5.97 Å². The van der Waals surface area contributed by atoms with E-state index in [1.165, 1.54) is 7.11 Å². The molecule has 0 bridgehead atoms. The summed E-state index contributed by atoms with van der Waals surface area (Å²) in [6.45, 7) is 4.29. The third kappa shape index (κ3) is 2.49. The van der Waals surface area contributed by atoms with Gasteiger partial charge < -0.3 is 15.4 Å². The molecule has 1 aliphatic carbocycles. The number of rotatable bonds is 3. The molecule has 4 nitrogen and oxygen atoms in total. The van der Waals surface area contributed by atoms with Crippen LogP contribution >= 0.6 is 0 Å². The summed E-state index contributed by atoms with van der Waals surface area (Å²) in [5, 5.41) is 0. The van der Waals surface area contributed by atoms with Gasteiger partial charge in [-0.05, 0) is 40.2 Å². The molecule has 0 spiro atoms. The molecular formula is C11H22N2O2. The number of esters is 1. The van der Waals surface area contributed by atoms with E-state index in [1.54, 1.807) is 0 Å². The van der Waals surface area contributed by atoms with Crippen molar-refractivity contribution in [3.63, 3.8) is 0 Å². The second kappa shape index (κ2) is 4.49. The Morgan fingerprint density at radius 3 is 2.67 bits per heavy atom. The zero-order valence-corrected chi connectivity index (χ0v) is 10.1. The number of nitrogens with two attached hydrogens (primary N) is 1. The molecule has 1 rings (SSSR count). The van der Waals surface area contributed by atoms with Crippen molar-refractivity contribution in [2.45, 2.75) is 50.7 Å². The van der Waals surface area contributed by atoms with Gasteiger partial charge in [-0.15, -0.1) is 0 Å². The van der Waals surface area contributed by atoms with Gasteiger partial charge in [0.1, 0.15) is 5.54 Å². The van der Waals surface area contributed by atoms with Crippen LogP contribution in [-0.4, -0.2) is 42.6 Å². The largest absolute Gasteiger partial charge is 0.468 e. The minimum atomic E-state index is -0.761. The van der Waals surface area contributed by atoms with Crippen LogP contribution < -0.4 is 5.73 Å². The van der Waals surface area contributed by atoms with Gasteiger partial charge >= 0.3 is 5.97 Å². The monoisotopic (exact) mass is 214 g/mol. The molecule has 2 atom stereocenters. The molecule has 0 aromatic carbocycles. The zero-order chi connectivity index (χ0) is 11.6. The van der Waals surface area contributed by atoms with Gasteiger partial charge in [0.25, 0.3) is 0 Å². The SMILES string of the molecule is COC(=O)C1(N)CCC(N(C)C(C)C)C1. The summed E-state index contributed by atoms with van der Waals surface area (Å²) in [4.78, 5) is 13.8. The fraction of sp³-hybridized carbons (Fsp3) is 0.909. The van der Waals surface area contributed by atoms with Crippen molar-refractivity contribution in [2.24, 2.45) is 5.73 Å². The number of hydrogen-bond donors (Lipinski definition) is 1. The molecule has 0 aromatic heterocycles. The Kier molecular flexibility index (Phi) is 3.73. The van der Waals surface area contributed by atoms with Crippen molar-refractivity contribution in [1.82, 2.24) is 4.90 Å². The molecule has 88 valence electrons. The number of ether oxygens (including phenoxy) is 1. The van der Waals surface area contributed by atoms with Gasteiger partial charge in [-0.2, -0.15) is 0 Å². The van der Waals surface area contributed by atoms with Crippen molar-refractivity contribution in [1.29, 1.82) is 0 Å². The van der Waals surface area contributed by atoms with Crippen LogP contribution in [0.4, 0.5) is 0 Å². The Morgan fingerprint density at radius 1 is 1.60 bits per heavy atom. The van der Waals surface area contributed by atoms with E-state index in [1.807, 2.05) is 0 Å². The highest BCUT2D eigenvalue weighted by Gasteiger charge is 2.44. The minimum Gasteiger partial charge on any atom is -0.468 e. The fourth-order valence-electron chi connectivity index (χ4n) is 2.21. The van der Waals surface area contributed by atoms with Crippen molar-refractivity contribution >= 4 is 5.97 Å². The van der Waals surface area contributed by atoms with Gasteiger partial charge in [0.2, 0.25) is 0 Å². The Bertz CT molecular complexity index is 243. The molecule has 0 radical (unpaired) electrons. The topological polar surface area (TPSA) is 55.6 Å². The normalized spacial score (nSPS) is 31.3. The molecule has 0 aliphatic heterocycles. The molecule has 0 amide bonds. The molecule has 4 heteroatoms. The lowest BCUT2D eigenvalue weighted by atomic mass is 9.99. The molecule has 0 aromatic rings. The molecular weight excluding hydrogens is 192 g/mol. The molecule has 0 saturated heterocycles. The van der Waals surface area contributed by atoms with Crippen LogP contribution in [0.2, 0.25) is 0 Å². The van der Waals surface area contributed by atoms with Crippen molar-refractivity contribution in [3.8, 4) is 0 Å². The van der Waals surface area contributed by atoms with E-state index >= 15 is 0 Å². The van der Waals surface area contributed by atoms with Crippen LogP contribution in [0.1, 0.15) is 33.1 Å². The highest BCUT2D eigenvalue weighted by atomic mass is 16.5. The van der Waals surface area contributed by atoms with Gasteiger partial charge in [-0.3, -0.25) is 4.79 Å². The Labute approximate surface area is 91.8 Å². The third-order valence-corrected chi connectivity index (χ3v) is 3.51. The standard InChI is InChI=1S/C11H22N2O2/c1-8(2)13(3)9-5-6-11(12,7-9)10(14)15-4/h8-9H,5-7,12H2,1-4H3. The van der Waals surface area contributed by atoms with E-state index in [4.69, 9.17) is 10.5 Å². The van der Waals surface area contributed by atoms with Crippen LogP contribution in [0, 0.1) is 0 Å². The molecule has 2 N–H and O–H groups in total. The van der Waals surface area contributed by atoms with Crippen molar-refractivity contribution in [2.75, 3.05) is 14.2 Å². The third-order valence-electron chi connectivity index (χ3n) is 3.51. The summed E-state index contributed by atoms with van der Waals surface area (Å²) in [6, 6.07) is 0.879. The van der Waals surface area contributed by atoms with Gasteiger partial charge in [-0.25, -0.2) is 0 Å². The Hall–Kier alpha value is -0.610. The first kappa shape index (κ1) is 12.5.